The zero-order valence-corrected chi connectivity index (χ0v) is 7.55. The van der Waals surface area contributed by atoms with Gasteiger partial charge in [0.25, 0.3) is 10.1 Å². The molecule has 0 heterocycles. The smallest absolute Gasteiger partial charge is 0.329 e. The van der Waals surface area contributed by atoms with E-state index < -0.39 is 20.4 Å². The fourth-order valence-electron chi connectivity index (χ4n) is 0.149. The topological polar surface area (TPSA) is 161 Å². The molecule has 0 atom stereocenters. The van der Waals surface area contributed by atoms with Crippen molar-refractivity contribution in [1.29, 1.82) is 0 Å². The van der Waals surface area contributed by atoms with E-state index in [4.69, 9.17) is 23.3 Å². The molecule has 0 radical (unpaired) electrons. The summed E-state index contributed by atoms with van der Waals surface area (Å²) in [5, 5.41) is 3.88. The van der Waals surface area contributed by atoms with Crippen LogP contribution in [0.3, 0.4) is 0 Å². The fraction of sp³-hybridized carbons (Fsp3) is 1.00. The van der Waals surface area contributed by atoms with E-state index in [1.165, 1.54) is 0 Å². The molecular weight excluding hydrogens is 212 g/mol. The largest absolute Gasteiger partial charge is 0.330 e. The van der Waals surface area contributed by atoms with Crippen LogP contribution in [0.15, 0.2) is 0 Å². The van der Waals surface area contributed by atoms with Gasteiger partial charge in [-0.1, -0.05) is 0 Å². The second-order valence-corrected chi connectivity index (χ2v) is 4.19. The van der Waals surface area contributed by atoms with Gasteiger partial charge < -0.3 is 5.73 Å². The average Bonchev–Trinajstić information content (AvgIpc) is 1.54. The average molecular weight is 222 g/mol. The Bertz CT molecular complexity index is 282. The van der Waals surface area contributed by atoms with Crippen LogP contribution in [0.5, 0.6) is 0 Å². The minimum atomic E-state index is -4.17. The Morgan fingerprint density at radius 3 is 1.33 bits per heavy atom. The molecule has 0 unspecified atom stereocenters. The summed E-state index contributed by atoms with van der Waals surface area (Å²) in [7, 11) is -7.97. The standard InChI is InChI=1S/C2H7NO3S.H3NO3S/c3-1-2-7(4,5)6;1-5(2,3)4/h1-3H2,(H,4,5,6);(H3,1,2,3,4). The Labute approximate surface area is 70.2 Å². The number of nitrogens with two attached hydrogens (primary N) is 2. The summed E-state index contributed by atoms with van der Waals surface area (Å²) in [5.74, 6) is -0.354. The van der Waals surface area contributed by atoms with Gasteiger partial charge in [-0.25, -0.2) is 5.14 Å². The van der Waals surface area contributed by atoms with E-state index in [-0.39, 0.29) is 12.3 Å². The van der Waals surface area contributed by atoms with Gasteiger partial charge in [-0.2, -0.15) is 16.8 Å². The van der Waals surface area contributed by atoms with E-state index in [1.807, 2.05) is 0 Å². The second-order valence-electron chi connectivity index (χ2n) is 1.59. The van der Waals surface area contributed by atoms with E-state index in [1.54, 1.807) is 0 Å². The maximum atomic E-state index is 9.71. The third kappa shape index (κ3) is 53.2. The first kappa shape index (κ1) is 14.3. The molecule has 0 aliphatic rings. The van der Waals surface area contributed by atoms with Crippen molar-refractivity contribution in [2.45, 2.75) is 0 Å². The molecule has 6 N–H and O–H groups in total. The van der Waals surface area contributed by atoms with Crippen LogP contribution in [-0.4, -0.2) is 38.2 Å². The summed E-state index contributed by atoms with van der Waals surface area (Å²) in [6, 6.07) is 0. The molecule has 12 heavy (non-hydrogen) atoms. The first-order valence-electron chi connectivity index (χ1n) is 2.46. The predicted octanol–water partition coefficient (Wildman–Crippen LogP) is -2.42. The van der Waals surface area contributed by atoms with Crippen molar-refractivity contribution in [1.82, 2.24) is 0 Å². The molecule has 0 aromatic heterocycles. The Hall–Kier alpha value is -0.260. The highest BCUT2D eigenvalue weighted by Crippen LogP contribution is 1.74. The molecule has 0 amide bonds. The van der Waals surface area contributed by atoms with Gasteiger partial charge in [-0.05, 0) is 0 Å². The predicted molar refractivity (Wildman–Crippen MR) is 41.2 cm³/mol. The van der Waals surface area contributed by atoms with Crippen molar-refractivity contribution in [3.8, 4) is 0 Å². The van der Waals surface area contributed by atoms with Crippen molar-refractivity contribution in [2.24, 2.45) is 10.9 Å². The SMILES string of the molecule is NCCS(=O)(=O)O.NS(=O)(=O)O. The van der Waals surface area contributed by atoms with Crippen molar-refractivity contribution in [3.05, 3.63) is 0 Å². The molecule has 0 aliphatic heterocycles. The fourth-order valence-corrected chi connectivity index (χ4v) is 0.447. The summed E-state index contributed by atoms with van der Waals surface area (Å²) in [5.41, 5.74) is 4.78. The summed E-state index contributed by atoms with van der Waals surface area (Å²) in [6.07, 6.45) is 0. The Morgan fingerprint density at radius 2 is 1.33 bits per heavy atom. The Balaban J connectivity index is 0. The van der Waals surface area contributed by atoms with Crippen molar-refractivity contribution >= 4 is 20.4 Å². The van der Waals surface area contributed by atoms with Gasteiger partial charge in [0.2, 0.25) is 0 Å². The maximum Gasteiger partial charge on any atom is 0.330 e. The molecule has 0 fully saturated rings. The minimum absolute atomic E-state index is 0.0289. The molecule has 0 bridgehead atoms. The molecule has 0 saturated carbocycles. The lowest BCUT2D eigenvalue weighted by atomic mass is 10.8. The van der Waals surface area contributed by atoms with Crippen molar-refractivity contribution in [3.63, 3.8) is 0 Å². The lowest BCUT2D eigenvalue weighted by Crippen LogP contribution is -2.13. The van der Waals surface area contributed by atoms with Gasteiger partial charge >= 0.3 is 10.3 Å². The molecule has 0 rings (SSSR count). The highest BCUT2D eigenvalue weighted by atomic mass is 32.2. The zero-order valence-electron chi connectivity index (χ0n) is 5.91. The van der Waals surface area contributed by atoms with Crippen LogP contribution in [0.2, 0.25) is 0 Å². The summed E-state index contributed by atoms with van der Waals surface area (Å²) in [4.78, 5) is 0. The lowest BCUT2D eigenvalue weighted by Gasteiger charge is -1.86. The van der Waals surface area contributed by atoms with Crippen LogP contribution in [0, 0.1) is 0 Å². The Kier molecular flexibility index (Phi) is 6.42. The van der Waals surface area contributed by atoms with Crippen LogP contribution in [0.4, 0.5) is 0 Å². The van der Waals surface area contributed by atoms with E-state index >= 15 is 0 Å². The minimum Gasteiger partial charge on any atom is -0.329 e. The molecule has 0 aromatic carbocycles. The molecule has 76 valence electrons. The summed E-state index contributed by atoms with van der Waals surface area (Å²) in [6.45, 7) is -0.0289. The van der Waals surface area contributed by atoms with Crippen LogP contribution < -0.4 is 10.9 Å². The highest BCUT2D eigenvalue weighted by molar-refractivity contribution is 7.85. The van der Waals surface area contributed by atoms with E-state index in [0.717, 1.165) is 0 Å². The van der Waals surface area contributed by atoms with Gasteiger partial charge in [0.15, 0.2) is 0 Å². The first-order valence-corrected chi connectivity index (χ1v) is 5.58. The third-order valence-corrected chi connectivity index (χ3v) is 1.13. The molecule has 0 aliphatic carbocycles. The van der Waals surface area contributed by atoms with Crippen LogP contribution in [0.25, 0.3) is 0 Å². The third-order valence-electron chi connectivity index (χ3n) is 0.376. The van der Waals surface area contributed by atoms with E-state index in [9.17, 15) is 8.42 Å². The van der Waals surface area contributed by atoms with Crippen molar-refractivity contribution in [2.75, 3.05) is 12.3 Å². The molecule has 8 nitrogen and oxygen atoms in total. The highest BCUT2D eigenvalue weighted by Gasteiger charge is 1.98. The number of hydrogen-bond acceptors (Lipinski definition) is 5. The van der Waals surface area contributed by atoms with E-state index in [2.05, 4.69) is 5.14 Å². The van der Waals surface area contributed by atoms with Gasteiger partial charge in [-0.3, -0.25) is 9.11 Å². The lowest BCUT2D eigenvalue weighted by molar-refractivity contribution is 0.481. The molecular formula is C2H10N2O6S2. The van der Waals surface area contributed by atoms with Gasteiger partial charge in [-0.15, -0.1) is 0 Å². The molecule has 0 aromatic rings. The normalized spacial score (nSPS) is 11.7. The quantitative estimate of drug-likeness (QED) is 0.378. The number of rotatable bonds is 2. The van der Waals surface area contributed by atoms with Crippen LogP contribution in [0.1, 0.15) is 0 Å². The summed E-state index contributed by atoms with van der Waals surface area (Å²) >= 11 is 0. The van der Waals surface area contributed by atoms with Gasteiger partial charge in [0.1, 0.15) is 0 Å². The molecule has 0 spiro atoms. The zero-order chi connectivity index (χ0) is 10.4. The Morgan fingerprint density at radius 1 is 1.08 bits per heavy atom. The van der Waals surface area contributed by atoms with Crippen LogP contribution >= 0.6 is 0 Å². The monoisotopic (exact) mass is 222 g/mol. The second kappa shape index (κ2) is 5.40. The van der Waals surface area contributed by atoms with Gasteiger partial charge in [0, 0.05) is 6.54 Å². The summed E-state index contributed by atoms with van der Waals surface area (Å²) < 4.78 is 52.5. The molecule has 10 heteroatoms. The van der Waals surface area contributed by atoms with Gasteiger partial charge in [0.05, 0.1) is 5.75 Å². The maximum absolute atomic E-state index is 9.71. The van der Waals surface area contributed by atoms with E-state index in [0.29, 0.717) is 0 Å². The van der Waals surface area contributed by atoms with Crippen LogP contribution in [-0.2, 0) is 20.4 Å². The van der Waals surface area contributed by atoms with Crippen molar-refractivity contribution < 1.29 is 25.9 Å². The number of hydrogen-bond donors (Lipinski definition) is 4. The first-order chi connectivity index (χ1) is 5.06. The molecule has 0 saturated heterocycles.